The fourth-order valence-corrected chi connectivity index (χ4v) is 2.85. The second kappa shape index (κ2) is 10.4. The lowest BCUT2D eigenvalue weighted by molar-refractivity contribution is 0.108. The number of ether oxygens (including phenoxy) is 2. The van der Waals surface area contributed by atoms with Gasteiger partial charge >= 0.3 is 0 Å². The first-order chi connectivity index (χ1) is 10.1. The topological polar surface area (TPSA) is 47.7 Å². The van der Waals surface area contributed by atoms with Gasteiger partial charge in [0.05, 0.1) is 6.61 Å². The van der Waals surface area contributed by atoms with Gasteiger partial charge in [0, 0.05) is 56.5 Å². The second-order valence-corrected chi connectivity index (χ2v) is 5.70. The molecule has 6 heteroatoms. The molecule has 0 radical (unpaired) electrons. The Morgan fingerprint density at radius 3 is 2.19 bits per heavy atom. The number of rotatable bonds is 10. The quantitative estimate of drug-likeness (QED) is 0.668. The molecule has 1 rings (SSSR count). The van der Waals surface area contributed by atoms with Crippen molar-refractivity contribution in [3.05, 3.63) is 33.8 Å². The Morgan fingerprint density at radius 1 is 1.05 bits per heavy atom. The SMILES string of the molecule is COCCCN(CCOC)C(CN)c1cc(Cl)cc(Cl)c1. The lowest BCUT2D eigenvalue weighted by Crippen LogP contribution is -2.37. The van der Waals surface area contributed by atoms with E-state index < -0.39 is 0 Å². The minimum Gasteiger partial charge on any atom is -0.385 e. The zero-order valence-corrected chi connectivity index (χ0v) is 14.2. The number of hydrogen-bond acceptors (Lipinski definition) is 4. The summed E-state index contributed by atoms with van der Waals surface area (Å²) >= 11 is 12.2. The number of benzene rings is 1. The molecular formula is C15H24Cl2N2O2. The highest BCUT2D eigenvalue weighted by molar-refractivity contribution is 6.34. The minimum atomic E-state index is 0.0632. The van der Waals surface area contributed by atoms with Gasteiger partial charge in [0.1, 0.15) is 0 Å². The van der Waals surface area contributed by atoms with E-state index in [-0.39, 0.29) is 6.04 Å². The molecule has 0 saturated heterocycles. The largest absolute Gasteiger partial charge is 0.385 e. The molecule has 1 atom stereocenters. The summed E-state index contributed by atoms with van der Waals surface area (Å²) in [6, 6.07) is 5.63. The summed E-state index contributed by atoms with van der Waals surface area (Å²) in [4.78, 5) is 2.28. The number of nitrogens with zero attached hydrogens (tertiary/aromatic N) is 1. The molecule has 0 aliphatic carbocycles. The van der Waals surface area contributed by atoms with Gasteiger partial charge in [-0.2, -0.15) is 0 Å². The van der Waals surface area contributed by atoms with E-state index in [0.717, 1.165) is 31.7 Å². The average Bonchev–Trinajstić information content (AvgIpc) is 2.44. The third-order valence-electron chi connectivity index (χ3n) is 3.31. The van der Waals surface area contributed by atoms with Gasteiger partial charge in [-0.05, 0) is 30.2 Å². The Balaban J connectivity index is 2.87. The third kappa shape index (κ3) is 6.51. The molecule has 1 aromatic carbocycles. The Morgan fingerprint density at radius 2 is 1.67 bits per heavy atom. The van der Waals surface area contributed by atoms with Gasteiger partial charge in [-0.3, -0.25) is 4.90 Å². The van der Waals surface area contributed by atoms with Gasteiger partial charge < -0.3 is 15.2 Å². The third-order valence-corrected chi connectivity index (χ3v) is 3.75. The first-order valence-corrected chi connectivity index (χ1v) is 7.76. The molecule has 120 valence electrons. The summed E-state index contributed by atoms with van der Waals surface area (Å²) < 4.78 is 10.3. The number of halogens is 2. The van der Waals surface area contributed by atoms with Crippen LogP contribution in [0.25, 0.3) is 0 Å². The van der Waals surface area contributed by atoms with Crippen LogP contribution in [0, 0.1) is 0 Å². The van der Waals surface area contributed by atoms with Crippen molar-refractivity contribution in [3.8, 4) is 0 Å². The van der Waals surface area contributed by atoms with Crippen LogP contribution in [0.2, 0.25) is 10.0 Å². The van der Waals surface area contributed by atoms with Crippen molar-refractivity contribution < 1.29 is 9.47 Å². The van der Waals surface area contributed by atoms with Gasteiger partial charge in [-0.15, -0.1) is 0 Å². The average molecular weight is 335 g/mol. The molecule has 0 bridgehead atoms. The van der Waals surface area contributed by atoms with Crippen LogP contribution in [0.5, 0.6) is 0 Å². The highest BCUT2D eigenvalue weighted by Crippen LogP contribution is 2.26. The fourth-order valence-electron chi connectivity index (χ4n) is 2.31. The van der Waals surface area contributed by atoms with E-state index in [1.54, 1.807) is 20.3 Å². The molecule has 0 fully saturated rings. The van der Waals surface area contributed by atoms with E-state index in [1.807, 2.05) is 12.1 Å². The molecule has 0 heterocycles. The zero-order chi connectivity index (χ0) is 15.7. The van der Waals surface area contributed by atoms with Gasteiger partial charge in [0.15, 0.2) is 0 Å². The Bertz CT molecular complexity index is 398. The van der Waals surface area contributed by atoms with E-state index in [2.05, 4.69) is 4.90 Å². The van der Waals surface area contributed by atoms with Crippen LogP contribution in [0.4, 0.5) is 0 Å². The summed E-state index contributed by atoms with van der Waals surface area (Å²) in [6.07, 6.45) is 0.936. The van der Waals surface area contributed by atoms with Crippen molar-refractivity contribution in [2.75, 3.05) is 47.1 Å². The maximum Gasteiger partial charge on any atom is 0.0589 e. The van der Waals surface area contributed by atoms with Crippen molar-refractivity contribution in [2.45, 2.75) is 12.5 Å². The summed E-state index contributed by atoms with van der Waals surface area (Å²) in [7, 11) is 3.40. The van der Waals surface area contributed by atoms with Crippen LogP contribution in [0.3, 0.4) is 0 Å². The van der Waals surface area contributed by atoms with E-state index in [4.69, 9.17) is 38.4 Å². The normalized spacial score (nSPS) is 12.9. The fraction of sp³-hybridized carbons (Fsp3) is 0.600. The Hall–Kier alpha value is -0.360. The summed E-state index contributed by atoms with van der Waals surface area (Å²) in [6.45, 7) is 3.54. The highest BCUT2D eigenvalue weighted by atomic mass is 35.5. The maximum atomic E-state index is 6.10. The van der Waals surface area contributed by atoms with Crippen molar-refractivity contribution in [1.29, 1.82) is 0 Å². The molecule has 0 aromatic heterocycles. The van der Waals surface area contributed by atoms with Gasteiger partial charge in [-0.25, -0.2) is 0 Å². The van der Waals surface area contributed by atoms with E-state index >= 15 is 0 Å². The van der Waals surface area contributed by atoms with Crippen LogP contribution in [-0.4, -0.2) is 52.0 Å². The first-order valence-electron chi connectivity index (χ1n) is 7.00. The van der Waals surface area contributed by atoms with Crippen LogP contribution in [-0.2, 0) is 9.47 Å². The van der Waals surface area contributed by atoms with Crippen LogP contribution >= 0.6 is 23.2 Å². The molecule has 2 N–H and O–H groups in total. The maximum absolute atomic E-state index is 6.10. The van der Waals surface area contributed by atoms with Crippen molar-refractivity contribution >= 4 is 23.2 Å². The summed E-state index contributed by atoms with van der Waals surface area (Å²) in [5.74, 6) is 0. The molecule has 1 aromatic rings. The number of nitrogens with two attached hydrogens (primary N) is 1. The highest BCUT2D eigenvalue weighted by Gasteiger charge is 2.19. The van der Waals surface area contributed by atoms with E-state index in [9.17, 15) is 0 Å². The van der Waals surface area contributed by atoms with Gasteiger partial charge in [0.2, 0.25) is 0 Å². The lowest BCUT2D eigenvalue weighted by Gasteiger charge is -2.31. The molecule has 0 aliphatic rings. The predicted molar refractivity (Wildman–Crippen MR) is 88.2 cm³/mol. The Kier molecular flexibility index (Phi) is 9.24. The Labute approximate surface area is 137 Å². The zero-order valence-electron chi connectivity index (χ0n) is 12.6. The predicted octanol–water partition coefficient (Wildman–Crippen LogP) is 2.98. The molecule has 0 spiro atoms. The number of hydrogen-bond donors (Lipinski definition) is 1. The van der Waals surface area contributed by atoms with Crippen molar-refractivity contribution in [1.82, 2.24) is 4.90 Å². The van der Waals surface area contributed by atoms with E-state index in [1.165, 1.54) is 0 Å². The van der Waals surface area contributed by atoms with E-state index in [0.29, 0.717) is 23.2 Å². The molecule has 0 amide bonds. The summed E-state index contributed by atoms with van der Waals surface area (Å²) in [5, 5.41) is 1.25. The number of methoxy groups -OCH3 is 2. The van der Waals surface area contributed by atoms with Gasteiger partial charge in [0.25, 0.3) is 0 Å². The van der Waals surface area contributed by atoms with Gasteiger partial charge in [-0.1, -0.05) is 23.2 Å². The second-order valence-electron chi connectivity index (χ2n) is 4.83. The van der Waals surface area contributed by atoms with Crippen molar-refractivity contribution in [3.63, 3.8) is 0 Å². The monoisotopic (exact) mass is 334 g/mol. The van der Waals surface area contributed by atoms with Crippen LogP contribution in [0.1, 0.15) is 18.0 Å². The van der Waals surface area contributed by atoms with Crippen molar-refractivity contribution in [2.24, 2.45) is 5.73 Å². The smallest absolute Gasteiger partial charge is 0.0589 e. The standard InChI is InChI=1S/C15H24Cl2N2O2/c1-20-6-3-4-19(5-7-21-2)15(11-18)12-8-13(16)10-14(17)9-12/h8-10,15H,3-7,11,18H2,1-2H3. The molecule has 21 heavy (non-hydrogen) atoms. The molecule has 0 aliphatic heterocycles. The molecule has 4 nitrogen and oxygen atoms in total. The van der Waals surface area contributed by atoms with Crippen LogP contribution < -0.4 is 5.73 Å². The van der Waals surface area contributed by atoms with Crippen LogP contribution in [0.15, 0.2) is 18.2 Å². The molecule has 1 unspecified atom stereocenters. The summed E-state index contributed by atoms with van der Waals surface area (Å²) in [5.41, 5.74) is 7.01. The molecule has 0 saturated carbocycles. The lowest BCUT2D eigenvalue weighted by atomic mass is 10.0. The minimum absolute atomic E-state index is 0.0632. The molecular weight excluding hydrogens is 311 g/mol. The first kappa shape index (κ1) is 18.7.